The standard InChI is InChI=1S/C35H46N4O8S/c1-26-33(35(42)39(36(26)2)28-12-8-7-9-13-28)27-24-31(34(41)37-18-10-5-4-6-11-19-37)47-32(25-27)46-23-21-38(20-22-40)48(43,44)30-16-14-29(45-3)15-17-30/h7-9,12-17,24,27,32,40H,4-6,10-11,18-23,25H2,1-3H3/t27-,32+/m1/s1. The highest BCUT2D eigenvalue weighted by Gasteiger charge is 2.35. The molecule has 13 heteroatoms. The van der Waals surface area contributed by atoms with E-state index in [2.05, 4.69) is 0 Å². The number of aromatic nitrogens is 2. The third-order valence-corrected chi connectivity index (χ3v) is 11.0. The van der Waals surface area contributed by atoms with Crippen LogP contribution in [0, 0.1) is 6.92 Å². The van der Waals surface area contributed by atoms with E-state index in [1.54, 1.807) is 22.9 Å². The molecule has 0 radical (unpaired) electrons. The van der Waals surface area contributed by atoms with Crippen LogP contribution in [0.15, 0.2) is 76.1 Å². The number of aliphatic hydroxyl groups is 1. The van der Waals surface area contributed by atoms with Crippen molar-refractivity contribution in [3.8, 4) is 11.4 Å². The first kappa shape index (κ1) is 35.4. The number of benzene rings is 2. The second-order valence-electron chi connectivity index (χ2n) is 12.1. The number of aliphatic hydroxyl groups excluding tert-OH is 1. The van der Waals surface area contributed by atoms with Gasteiger partial charge in [0.05, 0.1) is 30.9 Å². The summed E-state index contributed by atoms with van der Waals surface area (Å²) in [6.45, 7) is 2.48. The summed E-state index contributed by atoms with van der Waals surface area (Å²) < 4.78 is 48.9. The Morgan fingerprint density at radius 3 is 2.31 bits per heavy atom. The number of para-hydroxylation sites is 1. The van der Waals surface area contributed by atoms with Crippen LogP contribution in [0.4, 0.5) is 0 Å². The molecule has 12 nitrogen and oxygen atoms in total. The molecule has 2 aromatic carbocycles. The summed E-state index contributed by atoms with van der Waals surface area (Å²) in [4.78, 5) is 29.7. The van der Waals surface area contributed by atoms with E-state index in [-0.39, 0.29) is 54.8 Å². The van der Waals surface area contributed by atoms with Crippen LogP contribution in [0.25, 0.3) is 5.69 Å². The second-order valence-corrected chi connectivity index (χ2v) is 14.1. The number of ether oxygens (including phenoxy) is 3. The van der Waals surface area contributed by atoms with E-state index in [9.17, 15) is 23.1 Å². The van der Waals surface area contributed by atoms with E-state index in [1.165, 1.54) is 19.2 Å². The van der Waals surface area contributed by atoms with Crippen molar-refractivity contribution in [3.63, 3.8) is 0 Å². The zero-order valence-electron chi connectivity index (χ0n) is 27.9. The lowest BCUT2D eigenvalue weighted by Crippen LogP contribution is -2.40. The number of sulfonamides is 1. The van der Waals surface area contributed by atoms with Gasteiger partial charge >= 0.3 is 0 Å². The normalized spacial score (nSPS) is 18.9. The summed E-state index contributed by atoms with van der Waals surface area (Å²) in [5.74, 6) is -0.0778. The third-order valence-electron chi connectivity index (χ3n) is 9.07. The molecule has 260 valence electrons. The van der Waals surface area contributed by atoms with E-state index in [0.29, 0.717) is 24.4 Å². The number of nitrogens with zero attached hydrogens (tertiary/aromatic N) is 4. The molecule has 2 aliphatic heterocycles. The van der Waals surface area contributed by atoms with Crippen molar-refractivity contribution < 1.29 is 32.5 Å². The molecule has 1 fully saturated rings. The van der Waals surface area contributed by atoms with Gasteiger partial charge in [0.2, 0.25) is 16.3 Å². The predicted molar refractivity (Wildman–Crippen MR) is 181 cm³/mol. The number of amides is 1. The molecule has 3 heterocycles. The number of allylic oxidation sites excluding steroid dienone is 1. The Hall–Kier alpha value is -3.91. The van der Waals surface area contributed by atoms with Gasteiger partial charge in [-0.2, -0.15) is 4.31 Å². The summed E-state index contributed by atoms with van der Waals surface area (Å²) in [5, 5.41) is 9.68. The summed E-state index contributed by atoms with van der Waals surface area (Å²) in [6.07, 6.45) is 6.16. The van der Waals surface area contributed by atoms with E-state index >= 15 is 0 Å². The van der Waals surface area contributed by atoms with Crippen molar-refractivity contribution in [3.05, 3.63) is 88.0 Å². The molecule has 3 aromatic rings. The number of rotatable bonds is 12. The van der Waals surface area contributed by atoms with E-state index < -0.39 is 22.2 Å². The van der Waals surface area contributed by atoms with Gasteiger partial charge in [-0.05, 0) is 62.2 Å². The molecule has 1 amide bonds. The van der Waals surface area contributed by atoms with Crippen LogP contribution >= 0.6 is 0 Å². The zero-order valence-corrected chi connectivity index (χ0v) is 28.7. The topological polar surface area (TPSA) is 133 Å². The van der Waals surface area contributed by atoms with Crippen LogP contribution < -0.4 is 10.3 Å². The number of hydrogen-bond acceptors (Lipinski definition) is 8. The average molecular weight is 683 g/mol. The van der Waals surface area contributed by atoms with Crippen molar-refractivity contribution in [1.82, 2.24) is 18.6 Å². The molecular weight excluding hydrogens is 636 g/mol. The lowest BCUT2D eigenvalue weighted by molar-refractivity contribution is -0.153. The van der Waals surface area contributed by atoms with Crippen LogP contribution in [-0.2, 0) is 31.3 Å². The first-order valence-electron chi connectivity index (χ1n) is 16.5. The minimum absolute atomic E-state index is 0.0593. The molecule has 5 rings (SSSR count). The Kier molecular flexibility index (Phi) is 11.8. The van der Waals surface area contributed by atoms with Crippen molar-refractivity contribution in [1.29, 1.82) is 0 Å². The van der Waals surface area contributed by atoms with Gasteiger partial charge in [-0.3, -0.25) is 14.3 Å². The fourth-order valence-electron chi connectivity index (χ4n) is 6.38. The van der Waals surface area contributed by atoms with Crippen LogP contribution in [0.2, 0.25) is 0 Å². The van der Waals surface area contributed by atoms with E-state index in [1.807, 2.05) is 53.9 Å². The van der Waals surface area contributed by atoms with Crippen LogP contribution in [-0.4, -0.2) is 90.8 Å². The molecule has 0 aliphatic carbocycles. The maximum atomic E-state index is 14.0. The lowest BCUT2D eigenvalue weighted by atomic mass is 9.93. The number of carbonyl (C=O) groups excluding carboxylic acids is 1. The highest BCUT2D eigenvalue weighted by molar-refractivity contribution is 7.89. The Morgan fingerprint density at radius 1 is 1.00 bits per heavy atom. The van der Waals surface area contributed by atoms with Gasteiger partial charge in [-0.15, -0.1) is 0 Å². The second kappa shape index (κ2) is 16.0. The molecule has 0 unspecified atom stereocenters. The number of hydrogen-bond donors (Lipinski definition) is 1. The quantitative estimate of drug-likeness (QED) is 0.306. The average Bonchev–Trinajstić information content (AvgIpc) is 3.30. The fourth-order valence-corrected chi connectivity index (χ4v) is 7.80. The first-order chi connectivity index (χ1) is 23.1. The highest BCUT2D eigenvalue weighted by atomic mass is 32.2. The third kappa shape index (κ3) is 7.86. The minimum atomic E-state index is -3.95. The van der Waals surface area contributed by atoms with Crippen LogP contribution in [0.5, 0.6) is 5.75 Å². The highest BCUT2D eigenvalue weighted by Crippen LogP contribution is 2.33. The van der Waals surface area contributed by atoms with E-state index in [4.69, 9.17) is 14.2 Å². The molecule has 0 saturated carbocycles. The van der Waals surface area contributed by atoms with Crippen molar-refractivity contribution >= 4 is 15.9 Å². The largest absolute Gasteiger partial charge is 0.497 e. The lowest BCUT2D eigenvalue weighted by Gasteiger charge is -2.32. The molecule has 0 spiro atoms. The minimum Gasteiger partial charge on any atom is -0.497 e. The molecule has 48 heavy (non-hydrogen) atoms. The predicted octanol–water partition coefficient (Wildman–Crippen LogP) is 3.70. The Morgan fingerprint density at radius 2 is 1.67 bits per heavy atom. The van der Waals surface area contributed by atoms with Gasteiger partial charge in [0.1, 0.15) is 5.75 Å². The SMILES string of the molecule is COc1ccc(S(=O)(=O)N(CCO)CCO[C@@H]2C[C@H](c3c(C)n(C)n(-c4ccccc4)c3=O)C=C(C(=O)N3CCCCCCC3)O2)cc1. The molecule has 2 atom stereocenters. The molecular formula is C35H46N4O8S. The van der Waals surface area contributed by atoms with Crippen molar-refractivity contribution in [2.45, 2.75) is 62.6 Å². The maximum Gasteiger partial charge on any atom is 0.288 e. The summed E-state index contributed by atoms with van der Waals surface area (Å²) in [6, 6.07) is 15.4. The van der Waals surface area contributed by atoms with Gasteiger partial charge < -0.3 is 24.2 Å². The van der Waals surface area contributed by atoms with Crippen LogP contribution in [0.1, 0.15) is 55.7 Å². The number of likely N-dealkylation sites (tertiary alicyclic amines) is 1. The summed E-state index contributed by atoms with van der Waals surface area (Å²) >= 11 is 0. The first-order valence-corrected chi connectivity index (χ1v) is 18.0. The van der Waals surface area contributed by atoms with Gasteiger partial charge in [0.15, 0.2) is 5.76 Å². The Bertz CT molecular complexity index is 1730. The summed E-state index contributed by atoms with van der Waals surface area (Å²) in [7, 11) is -0.625. The monoisotopic (exact) mass is 682 g/mol. The zero-order chi connectivity index (χ0) is 34.3. The smallest absolute Gasteiger partial charge is 0.288 e. The van der Waals surface area contributed by atoms with Crippen molar-refractivity contribution in [2.24, 2.45) is 7.05 Å². The molecule has 2 aliphatic rings. The molecule has 1 N–H and O–H groups in total. The van der Waals surface area contributed by atoms with Crippen molar-refractivity contribution in [2.75, 3.05) is 46.5 Å². The molecule has 1 aromatic heterocycles. The Balaban J connectivity index is 1.40. The maximum absolute atomic E-state index is 14.0. The van der Waals surface area contributed by atoms with Gasteiger partial charge in [-0.1, -0.05) is 37.5 Å². The van der Waals surface area contributed by atoms with Gasteiger partial charge in [0, 0.05) is 56.8 Å². The summed E-state index contributed by atoms with van der Waals surface area (Å²) in [5.41, 5.74) is 1.83. The molecule has 1 saturated heterocycles. The fraction of sp³-hybridized carbons (Fsp3) is 0.486. The Labute approximate surface area is 282 Å². The number of methoxy groups -OCH3 is 1. The van der Waals surface area contributed by atoms with Gasteiger partial charge in [-0.25, -0.2) is 13.1 Å². The van der Waals surface area contributed by atoms with Crippen LogP contribution in [0.3, 0.4) is 0 Å². The van der Waals surface area contributed by atoms with E-state index in [0.717, 1.165) is 47.8 Å². The van der Waals surface area contributed by atoms with Gasteiger partial charge in [0.25, 0.3) is 11.5 Å². The number of carbonyl (C=O) groups is 1. The molecule has 0 bridgehead atoms.